The Balaban J connectivity index is 4.34. The lowest BCUT2D eigenvalue weighted by Crippen LogP contribution is -2.30. The number of unbranched alkanes of at least 4 members (excludes halogenated alkanes) is 27. The van der Waals surface area contributed by atoms with Crippen LogP contribution < -0.4 is 0 Å². The van der Waals surface area contributed by atoms with E-state index in [9.17, 15) is 14.4 Å². The first-order chi connectivity index (χ1) is 34.0. The summed E-state index contributed by atoms with van der Waals surface area (Å²) in [4.78, 5) is 38.1. The van der Waals surface area contributed by atoms with E-state index in [1.165, 1.54) is 109 Å². The molecule has 0 aliphatic rings. The van der Waals surface area contributed by atoms with E-state index < -0.39 is 6.10 Å². The molecule has 0 aromatic rings. The first-order valence-electron chi connectivity index (χ1n) is 29.1. The van der Waals surface area contributed by atoms with Crippen molar-refractivity contribution in [2.45, 2.75) is 284 Å². The van der Waals surface area contributed by atoms with E-state index >= 15 is 0 Å². The summed E-state index contributed by atoms with van der Waals surface area (Å²) in [6.07, 6.45) is 74.3. The van der Waals surface area contributed by atoms with Gasteiger partial charge in [-0.05, 0) is 109 Å². The second kappa shape index (κ2) is 57.2. The largest absolute Gasteiger partial charge is 0.462 e. The van der Waals surface area contributed by atoms with Crippen LogP contribution in [0.4, 0.5) is 0 Å². The molecule has 0 saturated carbocycles. The van der Waals surface area contributed by atoms with E-state index in [0.717, 1.165) is 128 Å². The van der Waals surface area contributed by atoms with Crippen molar-refractivity contribution in [2.75, 3.05) is 13.2 Å². The number of rotatable bonds is 52. The highest BCUT2D eigenvalue weighted by Gasteiger charge is 2.19. The molecule has 0 rings (SSSR count). The summed E-state index contributed by atoms with van der Waals surface area (Å²) in [5.41, 5.74) is 0. The van der Waals surface area contributed by atoms with Crippen molar-refractivity contribution in [3.05, 3.63) is 85.1 Å². The fourth-order valence-electron chi connectivity index (χ4n) is 8.00. The van der Waals surface area contributed by atoms with Crippen molar-refractivity contribution >= 4 is 17.9 Å². The molecule has 6 nitrogen and oxygen atoms in total. The molecular weight excluding hydrogens is 853 g/mol. The van der Waals surface area contributed by atoms with Crippen LogP contribution in [0, 0.1) is 0 Å². The van der Waals surface area contributed by atoms with Gasteiger partial charge < -0.3 is 14.2 Å². The predicted octanol–water partition coefficient (Wildman–Crippen LogP) is 19.5. The van der Waals surface area contributed by atoms with E-state index in [4.69, 9.17) is 14.2 Å². The summed E-state index contributed by atoms with van der Waals surface area (Å²) < 4.78 is 16.8. The van der Waals surface area contributed by atoms with Crippen LogP contribution in [0.1, 0.15) is 278 Å². The smallest absolute Gasteiger partial charge is 0.306 e. The molecule has 69 heavy (non-hydrogen) atoms. The number of esters is 3. The Labute approximate surface area is 426 Å². The van der Waals surface area contributed by atoms with Crippen LogP contribution in [-0.4, -0.2) is 37.2 Å². The molecule has 0 spiro atoms. The fourth-order valence-corrected chi connectivity index (χ4v) is 8.00. The van der Waals surface area contributed by atoms with Crippen LogP contribution in [0.5, 0.6) is 0 Å². The van der Waals surface area contributed by atoms with Crippen molar-refractivity contribution in [1.82, 2.24) is 0 Å². The second-order valence-electron chi connectivity index (χ2n) is 19.2. The summed E-state index contributed by atoms with van der Waals surface area (Å²) >= 11 is 0. The molecule has 1 atom stereocenters. The lowest BCUT2D eigenvalue weighted by molar-refractivity contribution is -0.167. The Hall–Kier alpha value is -3.41. The standard InChI is InChI=1S/C63H108O6/c1-4-7-10-13-16-19-22-25-27-28-29-30-31-32-33-34-36-38-41-44-47-50-53-56-62(65)68-59-60(58-67-61(64)55-52-49-46-43-40-37-24-21-18-15-12-9-6-3)69-63(66)57-54-51-48-45-42-39-35-26-23-20-17-14-11-8-5-2/h7,10,12,15-16,19,21,24-27,29-30,35,60H,4-6,8-9,11,13-14,17-18,20,22-23,28,31-34,36-59H2,1-3H3/b10-7-,15-12-,19-16-,24-21-,27-25-,30-29-,35-26-. The van der Waals surface area contributed by atoms with Crippen LogP contribution in [0.3, 0.4) is 0 Å². The molecule has 0 fully saturated rings. The van der Waals surface area contributed by atoms with E-state index in [2.05, 4.69) is 106 Å². The third-order valence-corrected chi connectivity index (χ3v) is 12.3. The van der Waals surface area contributed by atoms with Crippen molar-refractivity contribution in [3.63, 3.8) is 0 Å². The molecule has 0 radical (unpaired) electrons. The molecule has 0 N–H and O–H groups in total. The van der Waals surface area contributed by atoms with Crippen LogP contribution in [0.2, 0.25) is 0 Å². The Kier molecular flexibility index (Phi) is 54.3. The highest BCUT2D eigenvalue weighted by Crippen LogP contribution is 2.15. The van der Waals surface area contributed by atoms with Crippen molar-refractivity contribution < 1.29 is 28.6 Å². The minimum absolute atomic E-state index is 0.0862. The number of carbonyl (C=O) groups is 3. The van der Waals surface area contributed by atoms with E-state index in [1.807, 2.05) is 0 Å². The maximum Gasteiger partial charge on any atom is 0.306 e. The summed E-state index contributed by atoms with van der Waals surface area (Å²) in [5.74, 6) is -0.907. The Morgan fingerprint density at radius 1 is 0.304 bits per heavy atom. The first-order valence-corrected chi connectivity index (χ1v) is 29.1. The van der Waals surface area contributed by atoms with Crippen LogP contribution in [0.15, 0.2) is 85.1 Å². The van der Waals surface area contributed by atoms with Gasteiger partial charge in [-0.1, -0.05) is 234 Å². The minimum atomic E-state index is -0.788. The molecule has 6 heteroatoms. The van der Waals surface area contributed by atoms with Crippen LogP contribution in [-0.2, 0) is 28.6 Å². The monoisotopic (exact) mass is 961 g/mol. The van der Waals surface area contributed by atoms with E-state index in [-0.39, 0.29) is 31.1 Å². The number of hydrogen-bond acceptors (Lipinski definition) is 6. The summed E-state index contributed by atoms with van der Waals surface area (Å²) in [7, 11) is 0. The molecule has 0 heterocycles. The molecule has 0 aliphatic carbocycles. The van der Waals surface area contributed by atoms with Crippen LogP contribution in [0.25, 0.3) is 0 Å². The fraction of sp³-hybridized carbons (Fsp3) is 0.730. The Morgan fingerprint density at radius 2 is 0.594 bits per heavy atom. The molecule has 396 valence electrons. The molecule has 0 bridgehead atoms. The van der Waals surface area contributed by atoms with Gasteiger partial charge in [-0.3, -0.25) is 14.4 Å². The van der Waals surface area contributed by atoms with Crippen molar-refractivity contribution in [1.29, 1.82) is 0 Å². The van der Waals surface area contributed by atoms with Gasteiger partial charge in [-0.15, -0.1) is 0 Å². The zero-order valence-electron chi connectivity index (χ0n) is 45.3. The quantitative estimate of drug-likeness (QED) is 0.0262. The van der Waals surface area contributed by atoms with E-state index in [0.29, 0.717) is 19.3 Å². The number of ether oxygens (including phenoxy) is 3. The third kappa shape index (κ3) is 55.4. The highest BCUT2D eigenvalue weighted by molar-refractivity contribution is 5.71. The number of hydrogen-bond donors (Lipinski definition) is 0. The van der Waals surface area contributed by atoms with Gasteiger partial charge in [-0.25, -0.2) is 0 Å². The first kappa shape index (κ1) is 65.6. The van der Waals surface area contributed by atoms with Gasteiger partial charge in [0.2, 0.25) is 0 Å². The predicted molar refractivity (Wildman–Crippen MR) is 297 cm³/mol. The van der Waals surface area contributed by atoms with Gasteiger partial charge in [0.25, 0.3) is 0 Å². The number of allylic oxidation sites excluding steroid dienone is 14. The van der Waals surface area contributed by atoms with Crippen LogP contribution >= 0.6 is 0 Å². The lowest BCUT2D eigenvalue weighted by Gasteiger charge is -2.18. The zero-order chi connectivity index (χ0) is 50.0. The van der Waals surface area contributed by atoms with Crippen molar-refractivity contribution in [3.8, 4) is 0 Å². The number of carbonyl (C=O) groups excluding carboxylic acids is 3. The second-order valence-corrected chi connectivity index (χ2v) is 19.2. The molecule has 0 amide bonds. The zero-order valence-corrected chi connectivity index (χ0v) is 45.3. The maximum atomic E-state index is 12.8. The molecule has 0 aromatic heterocycles. The Morgan fingerprint density at radius 3 is 0.957 bits per heavy atom. The summed E-state index contributed by atoms with van der Waals surface area (Å²) in [5, 5.41) is 0. The molecule has 0 aliphatic heterocycles. The molecule has 0 saturated heterocycles. The Bertz CT molecular complexity index is 1330. The topological polar surface area (TPSA) is 78.9 Å². The summed E-state index contributed by atoms with van der Waals surface area (Å²) in [6, 6.07) is 0. The van der Waals surface area contributed by atoms with E-state index in [1.54, 1.807) is 0 Å². The molecule has 1 unspecified atom stereocenters. The average molecular weight is 962 g/mol. The summed E-state index contributed by atoms with van der Waals surface area (Å²) in [6.45, 7) is 6.45. The molecular formula is C63H108O6. The van der Waals surface area contributed by atoms with Gasteiger partial charge >= 0.3 is 17.9 Å². The molecule has 0 aromatic carbocycles. The van der Waals surface area contributed by atoms with Gasteiger partial charge in [0.1, 0.15) is 13.2 Å². The van der Waals surface area contributed by atoms with Gasteiger partial charge in [0.05, 0.1) is 0 Å². The maximum absolute atomic E-state index is 12.8. The van der Waals surface area contributed by atoms with Gasteiger partial charge in [0.15, 0.2) is 6.10 Å². The average Bonchev–Trinajstić information content (AvgIpc) is 3.35. The highest BCUT2D eigenvalue weighted by atomic mass is 16.6. The van der Waals surface area contributed by atoms with Gasteiger partial charge in [-0.2, -0.15) is 0 Å². The third-order valence-electron chi connectivity index (χ3n) is 12.3. The van der Waals surface area contributed by atoms with Gasteiger partial charge in [0, 0.05) is 19.3 Å². The normalized spacial score (nSPS) is 12.7. The van der Waals surface area contributed by atoms with Crippen molar-refractivity contribution in [2.24, 2.45) is 0 Å². The SMILES string of the molecule is CC/C=C\C/C=C\C/C=C\C/C=C\CCCCCCCCCCCCC(=O)OCC(COC(=O)CCCCCCC/C=C\C/C=C\CCC)OC(=O)CCCCCCC/C=C\CCCCCCCC. The lowest BCUT2D eigenvalue weighted by atomic mass is 10.1. The minimum Gasteiger partial charge on any atom is -0.462 e.